The van der Waals surface area contributed by atoms with E-state index in [1.807, 2.05) is 0 Å². The van der Waals surface area contributed by atoms with Gasteiger partial charge in [0, 0.05) is 19.7 Å². The smallest absolute Gasteiger partial charge is 0.264 e. The fourth-order valence-electron chi connectivity index (χ4n) is 4.10. The van der Waals surface area contributed by atoms with E-state index < -0.39 is 40.2 Å². The number of hydrogen-bond donors (Lipinski definition) is 1. The number of sulfonamides is 1. The Labute approximate surface area is 228 Å². The van der Waals surface area contributed by atoms with Crippen molar-refractivity contribution in [3.63, 3.8) is 0 Å². The summed E-state index contributed by atoms with van der Waals surface area (Å²) in [5.74, 6) is -0.891. The van der Waals surface area contributed by atoms with E-state index in [1.165, 1.54) is 68.6 Å². The number of likely N-dealkylation sites (N-methyl/N-ethyl adjacent to an activating group) is 1. The predicted octanol–water partition coefficient (Wildman–Crippen LogP) is 3.59. The first kappa shape index (κ1) is 29.4. The number of nitrogens with zero attached hydrogens (tertiary/aromatic N) is 2. The lowest BCUT2D eigenvalue weighted by molar-refractivity contribution is -0.140. The van der Waals surface area contributed by atoms with Crippen LogP contribution in [0.15, 0.2) is 77.7 Å². The van der Waals surface area contributed by atoms with Crippen molar-refractivity contribution in [3.05, 3.63) is 84.2 Å². The molecule has 1 unspecified atom stereocenters. The fourth-order valence-corrected chi connectivity index (χ4v) is 5.53. The van der Waals surface area contributed by atoms with Crippen molar-refractivity contribution in [2.45, 2.75) is 30.8 Å². The Hall–Kier alpha value is -4.12. The monoisotopic (exact) mass is 557 g/mol. The summed E-state index contributed by atoms with van der Waals surface area (Å²) in [4.78, 5) is 27.8. The molecular weight excluding hydrogens is 525 g/mol. The van der Waals surface area contributed by atoms with Crippen LogP contribution < -0.4 is 19.1 Å². The fraction of sp³-hybridized carbons (Fsp3) is 0.286. The summed E-state index contributed by atoms with van der Waals surface area (Å²) in [6.45, 7) is 1.14. The van der Waals surface area contributed by atoms with E-state index in [0.29, 0.717) is 11.3 Å². The Morgan fingerprint density at radius 2 is 1.59 bits per heavy atom. The van der Waals surface area contributed by atoms with Gasteiger partial charge in [0.25, 0.3) is 10.0 Å². The van der Waals surface area contributed by atoms with Gasteiger partial charge >= 0.3 is 0 Å². The number of carbonyl (C=O) groups excluding carboxylic acids is 2. The molecule has 3 rings (SSSR count). The maximum Gasteiger partial charge on any atom is 0.264 e. The number of anilines is 1. The lowest BCUT2D eigenvalue weighted by atomic mass is 10.1. The second kappa shape index (κ2) is 13.1. The van der Waals surface area contributed by atoms with Crippen molar-refractivity contribution in [3.8, 4) is 11.5 Å². The average Bonchev–Trinajstić information content (AvgIpc) is 2.96. The second-order valence-corrected chi connectivity index (χ2v) is 10.4. The molecule has 0 aromatic heterocycles. The normalized spacial score (nSPS) is 11.8. The van der Waals surface area contributed by atoms with Crippen LogP contribution in [0.1, 0.15) is 18.9 Å². The van der Waals surface area contributed by atoms with Gasteiger partial charge in [-0.1, -0.05) is 37.3 Å². The van der Waals surface area contributed by atoms with Crippen LogP contribution in [0.25, 0.3) is 0 Å². The molecule has 0 bridgehead atoms. The first-order valence-corrected chi connectivity index (χ1v) is 13.7. The molecule has 11 heteroatoms. The van der Waals surface area contributed by atoms with Gasteiger partial charge < -0.3 is 19.7 Å². The molecule has 9 nitrogen and oxygen atoms in total. The number of hydrogen-bond acceptors (Lipinski definition) is 6. The first-order valence-electron chi connectivity index (χ1n) is 12.2. The summed E-state index contributed by atoms with van der Waals surface area (Å²) < 4.78 is 52.9. The number of nitrogens with one attached hydrogen (secondary N) is 1. The molecular formula is C28H32FN3O6S. The number of rotatable bonds is 12. The molecule has 39 heavy (non-hydrogen) atoms. The lowest BCUT2D eigenvalue weighted by Crippen LogP contribution is -2.51. The van der Waals surface area contributed by atoms with Crippen LogP contribution in [-0.4, -0.2) is 59.0 Å². The topological polar surface area (TPSA) is 105 Å². The van der Waals surface area contributed by atoms with E-state index in [9.17, 15) is 22.4 Å². The van der Waals surface area contributed by atoms with Crippen molar-refractivity contribution in [1.29, 1.82) is 0 Å². The predicted molar refractivity (Wildman–Crippen MR) is 146 cm³/mol. The highest BCUT2D eigenvalue weighted by atomic mass is 32.2. The zero-order chi connectivity index (χ0) is 28.6. The highest BCUT2D eigenvalue weighted by molar-refractivity contribution is 7.92. The minimum absolute atomic E-state index is 0.0237. The third kappa shape index (κ3) is 6.85. The van der Waals surface area contributed by atoms with Gasteiger partial charge in [-0.15, -0.1) is 0 Å². The number of methoxy groups -OCH3 is 2. The van der Waals surface area contributed by atoms with E-state index in [1.54, 1.807) is 37.3 Å². The third-order valence-electron chi connectivity index (χ3n) is 6.16. The number of halogens is 1. The van der Waals surface area contributed by atoms with Gasteiger partial charge in [0.2, 0.25) is 11.8 Å². The molecule has 1 atom stereocenters. The third-order valence-corrected chi connectivity index (χ3v) is 7.93. The van der Waals surface area contributed by atoms with Gasteiger partial charge in [0.05, 0.1) is 24.8 Å². The van der Waals surface area contributed by atoms with Crippen LogP contribution in [0.4, 0.5) is 10.1 Å². The summed E-state index contributed by atoms with van der Waals surface area (Å²) >= 11 is 0. The van der Waals surface area contributed by atoms with Crippen molar-refractivity contribution < 1.29 is 31.9 Å². The zero-order valence-electron chi connectivity index (χ0n) is 22.3. The lowest BCUT2D eigenvalue weighted by Gasteiger charge is -2.33. The molecule has 208 valence electrons. The second-order valence-electron chi connectivity index (χ2n) is 8.55. The molecule has 0 heterocycles. The number of ether oxygens (including phenoxy) is 2. The summed E-state index contributed by atoms with van der Waals surface area (Å²) in [5, 5.41) is 2.56. The zero-order valence-corrected chi connectivity index (χ0v) is 23.1. The van der Waals surface area contributed by atoms with E-state index in [2.05, 4.69) is 5.32 Å². The molecule has 3 aromatic carbocycles. The van der Waals surface area contributed by atoms with Gasteiger partial charge in [-0.05, 0) is 48.4 Å². The van der Waals surface area contributed by atoms with Crippen LogP contribution in [0.2, 0.25) is 0 Å². The number of amides is 2. The van der Waals surface area contributed by atoms with Gasteiger partial charge in [-0.25, -0.2) is 12.8 Å². The van der Waals surface area contributed by atoms with Crippen LogP contribution >= 0.6 is 0 Å². The Morgan fingerprint density at radius 1 is 0.949 bits per heavy atom. The molecule has 0 radical (unpaired) electrons. The highest BCUT2D eigenvalue weighted by Gasteiger charge is 2.33. The Bertz CT molecular complexity index is 1380. The van der Waals surface area contributed by atoms with Gasteiger partial charge in [-0.3, -0.25) is 13.9 Å². The number of benzene rings is 3. The molecule has 0 saturated carbocycles. The van der Waals surface area contributed by atoms with E-state index in [4.69, 9.17) is 9.47 Å². The Kier molecular flexibility index (Phi) is 9.89. The molecule has 0 spiro atoms. The molecule has 0 saturated heterocycles. The molecule has 3 aromatic rings. The molecule has 1 N–H and O–H groups in total. The summed E-state index contributed by atoms with van der Waals surface area (Å²) in [7, 11) is 0.0152. The van der Waals surface area contributed by atoms with Crippen LogP contribution in [0.3, 0.4) is 0 Å². The minimum Gasteiger partial charge on any atom is -0.493 e. The number of carbonyl (C=O) groups is 2. The standard InChI is InChI=1S/C28H32FN3O6S/c1-5-24(28(34)30-2)31(18-20-11-13-21(29)14-12-20)27(33)19-32(22-9-7-6-8-10-22)39(35,36)23-15-16-25(37-3)26(17-23)38-4/h6-17,24H,5,18-19H2,1-4H3,(H,30,34). The maximum absolute atomic E-state index is 13.9. The van der Waals surface area contributed by atoms with Crippen LogP contribution in [-0.2, 0) is 26.2 Å². The van der Waals surface area contributed by atoms with E-state index >= 15 is 0 Å². The minimum atomic E-state index is -4.28. The van der Waals surface area contributed by atoms with Gasteiger partial charge in [0.1, 0.15) is 18.4 Å². The summed E-state index contributed by atoms with van der Waals surface area (Å²) in [6.07, 6.45) is 0.278. The Balaban J connectivity index is 2.06. The molecule has 0 fully saturated rings. The molecule has 0 aliphatic heterocycles. The molecule has 2 amide bonds. The van der Waals surface area contributed by atoms with Crippen LogP contribution in [0.5, 0.6) is 11.5 Å². The van der Waals surface area contributed by atoms with Crippen LogP contribution in [0, 0.1) is 5.82 Å². The van der Waals surface area contributed by atoms with E-state index in [0.717, 1.165) is 4.31 Å². The number of para-hydroxylation sites is 1. The average molecular weight is 558 g/mol. The summed E-state index contributed by atoms with van der Waals surface area (Å²) in [6, 6.07) is 17.0. The van der Waals surface area contributed by atoms with Crippen molar-refractivity contribution in [1.82, 2.24) is 10.2 Å². The van der Waals surface area contributed by atoms with Crippen molar-refractivity contribution >= 4 is 27.5 Å². The first-order chi connectivity index (χ1) is 18.7. The van der Waals surface area contributed by atoms with Crippen molar-refractivity contribution in [2.24, 2.45) is 0 Å². The SMILES string of the molecule is CCC(C(=O)NC)N(Cc1ccc(F)cc1)C(=O)CN(c1ccccc1)S(=O)(=O)c1ccc(OC)c(OC)c1. The van der Waals surface area contributed by atoms with Gasteiger partial charge in [0.15, 0.2) is 11.5 Å². The van der Waals surface area contributed by atoms with E-state index in [-0.39, 0.29) is 29.3 Å². The summed E-state index contributed by atoms with van der Waals surface area (Å²) in [5.41, 5.74) is 0.844. The molecule has 0 aliphatic carbocycles. The molecule has 0 aliphatic rings. The maximum atomic E-state index is 13.9. The van der Waals surface area contributed by atoms with Crippen molar-refractivity contribution in [2.75, 3.05) is 32.1 Å². The highest BCUT2D eigenvalue weighted by Crippen LogP contribution is 2.32. The Morgan fingerprint density at radius 3 is 2.15 bits per heavy atom. The largest absolute Gasteiger partial charge is 0.493 e. The quantitative estimate of drug-likeness (QED) is 0.365. The van der Waals surface area contributed by atoms with Gasteiger partial charge in [-0.2, -0.15) is 0 Å².